The number of hydrogen-bond acceptors (Lipinski definition) is 2. The summed E-state index contributed by atoms with van der Waals surface area (Å²) in [7, 11) is 0. The summed E-state index contributed by atoms with van der Waals surface area (Å²) in [6.45, 7) is 9.37. The number of benzene rings is 4. The van der Waals surface area contributed by atoms with E-state index >= 15 is 0 Å². The lowest BCUT2D eigenvalue weighted by Gasteiger charge is -2.35. The third-order valence-corrected chi connectivity index (χ3v) is 8.70. The van der Waals surface area contributed by atoms with Gasteiger partial charge in [0, 0.05) is 35.0 Å². The summed E-state index contributed by atoms with van der Waals surface area (Å²) in [5.41, 5.74) is 10.3. The van der Waals surface area contributed by atoms with Crippen molar-refractivity contribution in [2.45, 2.75) is 38.5 Å². The van der Waals surface area contributed by atoms with E-state index in [2.05, 4.69) is 93.5 Å². The SMILES string of the molecule is CC1(C)c2cnccc2-c2cc3cc4c5c(ccc6ccc(c21)c3c65)C(C)(C)c1cccnc1-4. The second-order valence-corrected chi connectivity index (χ2v) is 11.1. The average Bonchev–Trinajstić information content (AvgIpc) is 3.08. The fourth-order valence-corrected chi connectivity index (χ4v) is 7.12. The zero-order chi connectivity index (χ0) is 23.0. The van der Waals surface area contributed by atoms with E-state index in [0.717, 1.165) is 5.69 Å². The zero-order valence-corrected chi connectivity index (χ0v) is 19.8. The van der Waals surface area contributed by atoms with Gasteiger partial charge in [0.2, 0.25) is 0 Å². The van der Waals surface area contributed by atoms with Crippen LogP contribution in [-0.2, 0) is 10.8 Å². The standard InChI is InChI=1S/C32H24N2/c1-31(2)23-10-8-17-7-9-20-26-18(14-21-19-11-13-33-16-25(19)32(3,4)29(20)21)15-22(28(23)27(17)26)30-24(31)6-5-12-34-30/h5-16H,1-4H3. The van der Waals surface area contributed by atoms with E-state index in [4.69, 9.17) is 4.98 Å². The summed E-state index contributed by atoms with van der Waals surface area (Å²) in [4.78, 5) is 9.40. The molecule has 34 heavy (non-hydrogen) atoms. The van der Waals surface area contributed by atoms with E-state index in [1.807, 2.05) is 12.4 Å². The zero-order valence-electron chi connectivity index (χ0n) is 19.8. The summed E-state index contributed by atoms with van der Waals surface area (Å²) in [5.74, 6) is 0. The molecule has 0 bridgehead atoms. The van der Waals surface area contributed by atoms with Gasteiger partial charge in [-0.3, -0.25) is 9.97 Å². The van der Waals surface area contributed by atoms with Crippen LogP contribution in [0.15, 0.2) is 73.2 Å². The molecule has 0 saturated carbocycles. The van der Waals surface area contributed by atoms with Crippen LogP contribution in [-0.4, -0.2) is 9.97 Å². The fourth-order valence-electron chi connectivity index (χ4n) is 7.12. The van der Waals surface area contributed by atoms with E-state index in [0.29, 0.717) is 0 Å². The molecule has 0 spiro atoms. The molecular formula is C32H24N2. The minimum absolute atomic E-state index is 0.0859. The molecule has 0 radical (unpaired) electrons. The first-order valence-corrected chi connectivity index (χ1v) is 12.1. The highest BCUT2D eigenvalue weighted by atomic mass is 14.7. The lowest BCUT2D eigenvalue weighted by molar-refractivity contribution is 0.642. The maximum absolute atomic E-state index is 4.92. The second-order valence-electron chi connectivity index (χ2n) is 11.1. The number of rotatable bonds is 0. The van der Waals surface area contributed by atoms with E-state index in [9.17, 15) is 0 Å². The lowest BCUT2D eigenvalue weighted by Crippen LogP contribution is -2.24. The maximum atomic E-state index is 4.92. The molecule has 6 aromatic rings. The first-order valence-electron chi connectivity index (χ1n) is 12.1. The molecule has 2 aliphatic rings. The molecule has 2 heterocycles. The molecule has 0 unspecified atom stereocenters. The van der Waals surface area contributed by atoms with Gasteiger partial charge in [0.1, 0.15) is 0 Å². The van der Waals surface area contributed by atoms with Crippen molar-refractivity contribution in [3.63, 3.8) is 0 Å². The van der Waals surface area contributed by atoms with Gasteiger partial charge in [-0.05, 0) is 90.0 Å². The van der Waals surface area contributed by atoms with Crippen LogP contribution in [0.4, 0.5) is 0 Å². The van der Waals surface area contributed by atoms with Crippen LogP contribution in [0.25, 0.3) is 54.7 Å². The first-order chi connectivity index (χ1) is 16.4. The number of aromatic nitrogens is 2. The Kier molecular flexibility index (Phi) is 3.09. The topological polar surface area (TPSA) is 25.8 Å². The van der Waals surface area contributed by atoms with Crippen LogP contribution in [0.3, 0.4) is 0 Å². The lowest BCUT2D eigenvalue weighted by atomic mass is 9.68. The predicted octanol–water partition coefficient (Wildman–Crippen LogP) is 7.99. The Hall–Kier alpha value is -3.78. The van der Waals surface area contributed by atoms with Gasteiger partial charge in [-0.15, -0.1) is 0 Å². The Bertz CT molecular complexity index is 1860. The number of fused-ring (bicyclic) bond motifs is 6. The molecule has 0 saturated heterocycles. The van der Waals surface area contributed by atoms with Crippen molar-refractivity contribution in [2.24, 2.45) is 0 Å². The molecule has 162 valence electrons. The van der Waals surface area contributed by atoms with Crippen LogP contribution in [0.5, 0.6) is 0 Å². The maximum Gasteiger partial charge on any atom is 0.0749 e. The van der Waals surface area contributed by atoms with Gasteiger partial charge in [0.25, 0.3) is 0 Å². The Morgan fingerprint density at radius 2 is 1.44 bits per heavy atom. The summed E-state index contributed by atoms with van der Waals surface area (Å²) >= 11 is 0. The number of pyridine rings is 2. The first kappa shape index (κ1) is 18.6. The average molecular weight is 437 g/mol. The van der Waals surface area contributed by atoms with Crippen LogP contribution < -0.4 is 0 Å². The van der Waals surface area contributed by atoms with Gasteiger partial charge < -0.3 is 0 Å². The minimum atomic E-state index is -0.0952. The largest absolute Gasteiger partial charge is 0.264 e. The van der Waals surface area contributed by atoms with Crippen LogP contribution >= 0.6 is 0 Å². The fraction of sp³-hybridized carbons (Fsp3) is 0.188. The third-order valence-electron chi connectivity index (χ3n) is 8.70. The van der Waals surface area contributed by atoms with Crippen molar-refractivity contribution < 1.29 is 0 Å². The second kappa shape index (κ2) is 5.64. The van der Waals surface area contributed by atoms with E-state index in [1.54, 1.807) is 0 Å². The van der Waals surface area contributed by atoms with E-state index < -0.39 is 0 Å². The van der Waals surface area contributed by atoms with Crippen molar-refractivity contribution in [3.05, 3.63) is 95.4 Å². The van der Waals surface area contributed by atoms with Crippen molar-refractivity contribution in [2.75, 3.05) is 0 Å². The molecule has 0 N–H and O–H groups in total. The molecule has 0 aliphatic heterocycles. The number of nitrogens with zero attached hydrogens (tertiary/aromatic N) is 2. The highest BCUT2D eigenvalue weighted by Gasteiger charge is 2.39. The minimum Gasteiger partial charge on any atom is -0.264 e. The van der Waals surface area contributed by atoms with Gasteiger partial charge in [-0.25, -0.2) is 0 Å². The van der Waals surface area contributed by atoms with E-state index in [-0.39, 0.29) is 10.8 Å². The predicted molar refractivity (Wildman–Crippen MR) is 141 cm³/mol. The third kappa shape index (κ3) is 1.93. The van der Waals surface area contributed by atoms with Gasteiger partial charge in [-0.2, -0.15) is 0 Å². The summed E-state index contributed by atoms with van der Waals surface area (Å²) in [5, 5.41) is 8.13. The molecule has 0 fully saturated rings. The molecule has 2 nitrogen and oxygen atoms in total. The van der Waals surface area contributed by atoms with Gasteiger partial charge in [0.15, 0.2) is 0 Å². The highest BCUT2D eigenvalue weighted by Crippen LogP contribution is 2.56. The monoisotopic (exact) mass is 436 g/mol. The molecule has 2 aromatic heterocycles. The molecule has 4 aromatic carbocycles. The van der Waals surface area contributed by atoms with Gasteiger partial charge in [0.05, 0.1) is 5.69 Å². The quantitative estimate of drug-likeness (QED) is 0.226. The molecule has 2 aliphatic carbocycles. The smallest absolute Gasteiger partial charge is 0.0749 e. The Balaban J connectivity index is 1.64. The Morgan fingerprint density at radius 1 is 0.618 bits per heavy atom. The molecule has 0 atom stereocenters. The summed E-state index contributed by atoms with van der Waals surface area (Å²) in [6, 6.07) is 20.7. The van der Waals surface area contributed by atoms with Gasteiger partial charge in [-0.1, -0.05) is 58.0 Å². The summed E-state index contributed by atoms with van der Waals surface area (Å²) in [6.07, 6.45) is 5.92. The summed E-state index contributed by atoms with van der Waals surface area (Å²) < 4.78 is 0. The normalized spacial score (nSPS) is 16.7. The Morgan fingerprint density at radius 3 is 2.32 bits per heavy atom. The molecular weight excluding hydrogens is 412 g/mol. The van der Waals surface area contributed by atoms with E-state index in [1.165, 1.54) is 71.3 Å². The van der Waals surface area contributed by atoms with Crippen molar-refractivity contribution in [1.29, 1.82) is 0 Å². The van der Waals surface area contributed by atoms with Crippen molar-refractivity contribution >= 4 is 32.3 Å². The van der Waals surface area contributed by atoms with Crippen molar-refractivity contribution in [3.8, 4) is 22.4 Å². The molecule has 2 heteroatoms. The van der Waals surface area contributed by atoms with Gasteiger partial charge >= 0.3 is 0 Å². The Labute approximate surface area is 198 Å². The number of hydrogen-bond donors (Lipinski definition) is 0. The molecule has 8 rings (SSSR count). The van der Waals surface area contributed by atoms with Crippen LogP contribution in [0, 0.1) is 0 Å². The van der Waals surface area contributed by atoms with Crippen LogP contribution in [0.2, 0.25) is 0 Å². The van der Waals surface area contributed by atoms with Crippen molar-refractivity contribution in [1.82, 2.24) is 9.97 Å². The molecule has 0 amide bonds. The van der Waals surface area contributed by atoms with Crippen LogP contribution in [0.1, 0.15) is 49.9 Å². The highest BCUT2D eigenvalue weighted by molar-refractivity contribution is 6.29.